The van der Waals surface area contributed by atoms with Crippen molar-refractivity contribution in [3.63, 3.8) is 0 Å². The zero-order valence-corrected chi connectivity index (χ0v) is 15.2. The van der Waals surface area contributed by atoms with Gasteiger partial charge < -0.3 is 10.2 Å². The number of aromatic carboxylic acids is 2. The maximum absolute atomic E-state index is 13.2. The number of halogens is 4. The lowest BCUT2D eigenvalue weighted by molar-refractivity contribution is -0.387. The molecule has 0 atom stereocenters. The van der Waals surface area contributed by atoms with Crippen LogP contribution in [0.25, 0.3) is 0 Å². The molecule has 2 aromatic carbocycles. The first kappa shape index (κ1) is 22.3. The van der Waals surface area contributed by atoms with Crippen LogP contribution >= 0.6 is 23.2 Å². The summed E-state index contributed by atoms with van der Waals surface area (Å²) < 4.78 is 26.0. The first-order valence-electron chi connectivity index (χ1n) is 6.94. The van der Waals surface area contributed by atoms with Crippen molar-refractivity contribution in [3.8, 4) is 0 Å². The van der Waals surface area contributed by atoms with Gasteiger partial charge in [0, 0.05) is 17.2 Å². The predicted octanol–water partition coefficient (Wildman–Crippen LogP) is 4.88. The maximum Gasteiger partial charge on any atom is 0.337 e. The Morgan fingerprint density at radius 1 is 1.00 bits per heavy atom. The van der Waals surface area contributed by atoms with Gasteiger partial charge in [0.25, 0.3) is 0 Å². The molecule has 0 spiro atoms. The Morgan fingerprint density at radius 3 is 1.93 bits per heavy atom. The molecule has 0 heterocycles. The number of hydrogen-bond acceptors (Lipinski definition) is 4. The van der Waals surface area contributed by atoms with Crippen molar-refractivity contribution < 1.29 is 33.5 Å². The van der Waals surface area contributed by atoms with Crippen molar-refractivity contribution in [2.75, 3.05) is 0 Å². The summed E-state index contributed by atoms with van der Waals surface area (Å²) in [4.78, 5) is 30.5. The highest BCUT2D eigenvalue weighted by Gasteiger charge is 2.24. The highest BCUT2D eigenvalue weighted by molar-refractivity contribution is 6.34. The van der Waals surface area contributed by atoms with Gasteiger partial charge >= 0.3 is 17.6 Å². The number of nitro groups is 1. The fourth-order valence-electron chi connectivity index (χ4n) is 1.87. The molecule has 27 heavy (non-hydrogen) atoms. The predicted molar refractivity (Wildman–Crippen MR) is 92.9 cm³/mol. The molecule has 0 aromatic heterocycles. The van der Waals surface area contributed by atoms with Gasteiger partial charge in [-0.3, -0.25) is 10.1 Å². The third kappa shape index (κ3) is 4.89. The standard InChI is InChI=1S/C8H5ClFNO4.C8H6ClFO2/c1-3-6(9)4(8(12)13)2-5(7(3)10)11(14)15;1-4-6(10)3-2-5(7(4)9)8(11)12/h2H,1H3,(H,12,13);2-3H,1H3,(H,11,12). The summed E-state index contributed by atoms with van der Waals surface area (Å²) in [5.41, 5.74) is -1.54. The van der Waals surface area contributed by atoms with Crippen LogP contribution < -0.4 is 0 Å². The highest BCUT2D eigenvalue weighted by Crippen LogP contribution is 2.30. The van der Waals surface area contributed by atoms with E-state index in [0.717, 1.165) is 12.1 Å². The van der Waals surface area contributed by atoms with Crippen molar-refractivity contribution in [2.45, 2.75) is 13.8 Å². The lowest BCUT2D eigenvalue weighted by atomic mass is 10.1. The number of carboxylic acid groups (broad SMARTS) is 2. The van der Waals surface area contributed by atoms with E-state index in [2.05, 4.69) is 0 Å². The summed E-state index contributed by atoms with van der Waals surface area (Å²) in [5.74, 6) is -4.20. The Bertz CT molecular complexity index is 911. The SMILES string of the molecule is Cc1c(F)c([N+](=O)[O-])cc(C(=O)O)c1Cl.Cc1c(F)ccc(C(=O)O)c1Cl. The van der Waals surface area contributed by atoms with Gasteiger partial charge in [0.15, 0.2) is 0 Å². The van der Waals surface area contributed by atoms with Crippen LogP contribution in [0.2, 0.25) is 10.0 Å². The van der Waals surface area contributed by atoms with E-state index in [4.69, 9.17) is 33.4 Å². The van der Waals surface area contributed by atoms with E-state index in [1.54, 1.807) is 0 Å². The normalized spacial score (nSPS) is 10.0. The van der Waals surface area contributed by atoms with Crippen molar-refractivity contribution >= 4 is 40.8 Å². The lowest BCUT2D eigenvalue weighted by Crippen LogP contribution is -2.04. The van der Waals surface area contributed by atoms with Gasteiger partial charge in [0.1, 0.15) is 5.82 Å². The van der Waals surface area contributed by atoms with E-state index in [1.165, 1.54) is 13.8 Å². The molecule has 0 amide bonds. The topological polar surface area (TPSA) is 118 Å². The zero-order valence-electron chi connectivity index (χ0n) is 13.7. The van der Waals surface area contributed by atoms with E-state index in [0.29, 0.717) is 6.07 Å². The number of nitro benzene ring substituents is 1. The minimum Gasteiger partial charge on any atom is -0.478 e. The summed E-state index contributed by atoms with van der Waals surface area (Å²) in [6.45, 7) is 2.61. The van der Waals surface area contributed by atoms with Gasteiger partial charge in [0.05, 0.1) is 26.1 Å². The van der Waals surface area contributed by atoms with Crippen LogP contribution in [0, 0.1) is 35.6 Å². The second-order valence-electron chi connectivity index (χ2n) is 5.10. The van der Waals surface area contributed by atoms with Crippen molar-refractivity contribution in [1.29, 1.82) is 0 Å². The molecular formula is C16H11Cl2F2NO6. The molecule has 7 nitrogen and oxygen atoms in total. The van der Waals surface area contributed by atoms with Gasteiger partial charge in [-0.05, 0) is 26.0 Å². The minimum atomic E-state index is -1.44. The van der Waals surface area contributed by atoms with Crippen molar-refractivity contribution in [1.82, 2.24) is 0 Å². The average Bonchev–Trinajstić information content (AvgIpc) is 2.57. The molecule has 11 heteroatoms. The van der Waals surface area contributed by atoms with Crippen LogP contribution in [-0.4, -0.2) is 27.1 Å². The fraction of sp³-hybridized carbons (Fsp3) is 0.125. The molecule has 0 bridgehead atoms. The average molecular weight is 422 g/mol. The summed E-state index contributed by atoms with van der Waals surface area (Å²) in [5, 5.41) is 27.3. The third-order valence-electron chi connectivity index (χ3n) is 3.38. The number of hydrogen-bond donors (Lipinski definition) is 2. The second kappa shape index (κ2) is 8.74. The summed E-state index contributed by atoms with van der Waals surface area (Å²) in [7, 11) is 0. The van der Waals surface area contributed by atoms with Gasteiger partial charge in [-0.25, -0.2) is 14.0 Å². The second-order valence-corrected chi connectivity index (χ2v) is 5.85. The largest absolute Gasteiger partial charge is 0.478 e. The number of nitrogens with zero attached hydrogens (tertiary/aromatic N) is 1. The Morgan fingerprint density at radius 2 is 1.48 bits per heavy atom. The van der Waals surface area contributed by atoms with Gasteiger partial charge in [-0.2, -0.15) is 4.39 Å². The highest BCUT2D eigenvalue weighted by atomic mass is 35.5. The van der Waals surface area contributed by atoms with Gasteiger partial charge in [0.2, 0.25) is 5.82 Å². The van der Waals surface area contributed by atoms with E-state index >= 15 is 0 Å². The van der Waals surface area contributed by atoms with Crippen LogP contribution in [0.1, 0.15) is 31.8 Å². The van der Waals surface area contributed by atoms with Crippen LogP contribution in [0.3, 0.4) is 0 Å². The van der Waals surface area contributed by atoms with Crippen molar-refractivity contribution in [3.05, 3.63) is 72.2 Å². The summed E-state index contributed by atoms with van der Waals surface area (Å²) in [6, 6.07) is 2.84. The number of benzene rings is 2. The fourth-order valence-corrected chi connectivity index (χ4v) is 2.32. The van der Waals surface area contributed by atoms with Gasteiger partial charge in [-0.15, -0.1) is 0 Å². The minimum absolute atomic E-state index is 0.0394. The summed E-state index contributed by atoms with van der Waals surface area (Å²) in [6.07, 6.45) is 0. The quantitative estimate of drug-likeness (QED) is 0.538. The number of carboxylic acids is 2. The van der Waals surface area contributed by atoms with Crippen LogP contribution in [0.15, 0.2) is 18.2 Å². The molecule has 0 radical (unpaired) electrons. The van der Waals surface area contributed by atoms with Crippen LogP contribution in [-0.2, 0) is 0 Å². The lowest BCUT2D eigenvalue weighted by Gasteiger charge is -2.04. The molecule has 0 aliphatic heterocycles. The Kier molecular flexibility index (Phi) is 7.21. The molecule has 0 aliphatic carbocycles. The van der Waals surface area contributed by atoms with Crippen molar-refractivity contribution in [2.24, 2.45) is 0 Å². The van der Waals surface area contributed by atoms with E-state index in [9.17, 15) is 28.5 Å². The van der Waals surface area contributed by atoms with Crippen LogP contribution in [0.5, 0.6) is 0 Å². The number of carbonyl (C=O) groups is 2. The molecule has 144 valence electrons. The molecule has 2 rings (SSSR count). The summed E-state index contributed by atoms with van der Waals surface area (Å²) >= 11 is 11.1. The van der Waals surface area contributed by atoms with Gasteiger partial charge in [-0.1, -0.05) is 23.2 Å². The molecule has 0 aliphatic rings. The molecular weight excluding hydrogens is 411 g/mol. The molecule has 0 saturated heterocycles. The smallest absolute Gasteiger partial charge is 0.337 e. The molecule has 0 saturated carbocycles. The zero-order chi connectivity index (χ0) is 21.0. The monoisotopic (exact) mass is 421 g/mol. The first-order chi connectivity index (χ1) is 12.4. The van der Waals surface area contributed by atoms with E-state index in [1.807, 2.05) is 0 Å². The molecule has 0 fully saturated rings. The molecule has 0 unspecified atom stereocenters. The molecule has 2 N–H and O–H groups in total. The first-order valence-corrected chi connectivity index (χ1v) is 7.69. The van der Waals surface area contributed by atoms with E-state index in [-0.39, 0.29) is 26.7 Å². The van der Waals surface area contributed by atoms with Crippen LogP contribution in [0.4, 0.5) is 14.5 Å². The van der Waals surface area contributed by atoms with E-state index < -0.39 is 39.7 Å². The maximum atomic E-state index is 13.2. The Labute approximate surface area is 160 Å². The Hall–Kier alpha value is -2.78. The Balaban J connectivity index is 0.000000277. The molecule has 2 aromatic rings. The third-order valence-corrected chi connectivity index (χ3v) is 4.35. The number of rotatable bonds is 3.